The summed E-state index contributed by atoms with van der Waals surface area (Å²) in [5, 5.41) is 0. The zero-order valence-corrected chi connectivity index (χ0v) is 13.0. The minimum absolute atomic E-state index is 1.17. The molecule has 2 aromatic rings. The second kappa shape index (κ2) is 6.30. The first kappa shape index (κ1) is 14.1. The first-order valence-electron chi connectivity index (χ1n) is 8.10. The zero-order valence-electron chi connectivity index (χ0n) is 13.0. The fourth-order valence-corrected chi connectivity index (χ4v) is 3.32. The van der Waals surface area contributed by atoms with Gasteiger partial charge in [0.25, 0.3) is 0 Å². The first-order chi connectivity index (χ1) is 10.3. The number of aryl methyl sites for hydroxylation is 1. The average molecular weight is 275 g/mol. The van der Waals surface area contributed by atoms with Crippen LogP contribution < -0.4 is 0 Å². The molecule has 3 rings (SSSR count). The van der Waals surface area contributed by atoms with Crippen molar-refractivity contribution in [1.29, 1.82) is 0 Å². The van der Waals surface area contributed by atoms with Crippen LogP contribution in [0.3, 0.4) is 0 Å². The highest BCUT2D eigenvalue weighted by atomic mass is 14.3. The molecule has 0 aromatic heterocycles. The largest absolute Gasteiger partial charge is 0.0674 e. The first-order valence-corrected chi connectivity index (χ1v) is 8.10. The molecule has 0 atom stereocenters. The van der Waals surface area contributed by atoms with Crippen LogP contribution >= 0.6 is 0 Å². The minimum Gasteiger partial charge on any atom is -0.0674 e. The Morgan fingerprint density at radius 1 is 0.714 bits per heavy atom. The molecule has 2 aromatic carbocycles. The summed E-state index contributed by atoms with van der Waals surface area (Å²) >= 11 is 0. The van der Waals surface area contributed by atoms with E-state index in [9.17, 15) is 0 Å². The van der Waals surface area contributed by atoms with Crippen LogP contribution in [0, 0.1) is 5.92 Å². The van der Waals surface area contributed by atoms with Gasteiger partial charge in [0.2, 0.25) is 0 Å². The van der Waals surface area contributed by atoms with Gasteiger partial charge in [-0.15, -0.1) is 0 Å². The summed E-state index contributed by atoms with van der Waals surface area (Å²) in [4.78, 5) is 0. The number of benzene rings is 2. The molecule has 21 heavy (non-hydrogen) atoms. The minimum atomic E-state index is 1.17. The highest BCUT2D eigenvalue weighted by Crippen LogP contribution is 2.37. The van der Waals surface area contributed by atoms with E-state index in [-0.39, 0.29) is 0 Å². The van der Waals surface area contributed by atoms with E-state index in [2.05, 4.69) is 68.5 Å². The van der Waals surface area contributed by atoms with Crippen molar-refractivity contribution in [2.45, 2.75) is 39.5 Å². The van der Waals surface area contributed by atoms with Gasteiger partial charge in [-0.2, -0.15) is 0 Å². The molecule has 0 fully saturated rings. The Morgan fingerprint density at radius 3 is 2.29 bits per heavy atom. The maximum absolute atomic E-state index is 2.31. The summed E-state index contributed by atoms with van der Waals surface area (Å²) in [6.07, 6.45) is 9.29. The summed E-state index contributed by atoms with van der Waals surface area (Å²) < 4.78 is 0. The van der Waals surface area contributed by atoms with E-state index in [0.717, 1.165) is 0 Å². The van der Waals surface area contributed by atoms with Gasteiger partial charge >= 0.3 is 0 Å². The van der Waals surface area contributed by atoms with Crippen molar-refractivity contribution in [3.05, 3.63) is 82.3 Å². The van der Waals surface area contributed by atoms with Crippen molar-refractivity contribution in [2.75, 3.05) is 0 Å². The van der Waals surface area contributed by atoms with Crippen LogP contribution in [-0.4, -0.2) is 0 Å². The number of hydrogen-bond donors (Lipinski definition) is 0. The number of rotatable bonds is 5. The van der Waals surface area contributed by atoms with E-state index in [1.165, 1.54) is 53.9 Å². The van der Waals surface area contributed by atoms with Crippen molar-refractivity contribution in [3.8, 4) is 0 Å². The van der Waals surface area contributed by atoms with Gasteiger partial charge in [-0.25, -0.2) is 0 Å². The van der Waals surface area contributed by atoms with E-state index >= 15 is 0 Å². The molecule has 0 aliphatic heterocycles. The molecular weight excluding hydrogens is 252 g/mol. The molecule has 0 nitrogen and oxygen atoms in total. The smallest absolute Gasteiger partial charge is 0.0566 e. The van der Waals surface area contributed by atoms with E-state index in [1.54, 1.807) is 5.56 Å². The van der Waals surface area contributed by atoms with Crippen molar-refractivity contribution < 1.29 is 0 Å². The summed E-state index contributed by atoms with van der Waals surface area (Å²) in [5.74, 6) is 1.40. The highest BCUT2D eigenvalue weighted by Gasteiger charge is 2.22. The summed E-state index contributed by atoms with van der Waals surface area (Å²) in [6, 6.07) is 15.5. The molecule has 0 unspecified atom stereocenters. The molecule has 1 aliphatic carbocycles. The van der Waals surface area contributed by atoms with Crippen LogP contribution in [0.15, 0.2) is 48.5 Å². The lowest BCUT2D eigenvalue weighted by Gasteiger charge is -2.19. The number of allylic oxidation sites excluding steroid dienone is 1. The lowest BCUT2D eigenvalue weighted by molar-refractivity contribution is 0.853. The standard InChI is InChI=1S/C21H23/c1-3-8-16-11-7-13-20(18(16)9-4-2)21-15-14-17-10-5-6-12-19(17)21/h5-7,10-15H,3-4,8-9H2,1-2H3. The molecular formula is C21H23. The third-order valence-electron chi connectivity index (χ3n) is 4.26. The van der Waals surface area contributed by atoms with Crippen LogP contribution in [0.2, 0.25) is 0 Å². The number of fused-ring (bicyclic) bond motifs is 1. The van der Waals surface area contributed by atoms with Crippen LogP contribution in [0.1, 0.15) is 54.5 Å². The monoisotopic (exact) mass is 275 g/mol. The van der Waals surface area contributed by atoms with Gasteiger partial charge < -0.3 is 0 Å². The Labute approximate surface area is 128 Å². The summed E-state index contributed by atoms with van der Waals surface area (Å²) in [6.45, 7) is 4.54. The molecule has 0 bridgehead atoms. The van der Waals surface area contributed by atoms with E-state index in [0.29, 0.717) is 0 Å². The third kappa shape index (κ3) is 2.68. The van der Waals surface area contributed by atoms with Gasteiger partial charge in [0.15, 0.2) is 0 Å². The van der Waals surface area contributed by atoms with Crippen LogP contribution in [0.25, 0.3) is 6.08 Å². The van der Waals surface area contributed by atoms with Gasteiger partial charge in [-0.3, -0.25) is 0 Å². The Hall–Kier alpha value is -1.82. The van der Waals surface area contributed by atoms with E-state index in [1.807, 2.05) is 0 Å². The second-order valence-electron chi connectivity index (χ2n) is 5.78. The van der Waals surface area contributed by atoms with Crippen molar-refractivity contribution >= 4 is 6.08 Å². The molecule has 0 saturated heterocycles. The maximum Gasteiger partial charge on any atom is 0.0566 e. The third-order valence-corrected chi connectivity index (χ3v) is 4.26. The molecule has 107 valence electrons. The Bertz CT molecular complexity index is 649. The zero-order chi connectivity index (χ0) is 14.7. The quantitative estimate of drug-likeness (QED) is 0.667. The maximum atomic E-state index is 2.31. The number of hydrogen-bond acceptors (Lipinski definition) is 0. The molecule has 1 radical (unpaired) electrons. The van der Waals surface area contributed by atoms with Gasteiger partial charge in [-0.1, -0.05) is 81.3 Å². The highest BCUT2D eigenvalue weighted by molar-refractivity contribution is 5.74. The van der Waals surface area contributed by atoms with Gasteiger partial charge in [0.1, 0.15) is 0 Å². The summed E-state index contributed by atoms with van der Waals surface area (Å²) in [5.41, 5.74) is 7.24. The molecule has 1 aliphatic rings. The van der Waals surface area contributed by atoms with E-state index < -0.39 is 0 Å². The molecule has 0 amide bonds. The van der Waals surface area contributed by atoms with Crippen LogP contribution in [0.4, 0.5) is 0 Å². The molecule has 0 saturated carbocycles. The van der Waals surface area contributed by atoms with Crippen molar-refractivity contribution in [1.82, 2.24) is 0 Å². The Kier molecular flexibility index (Phi) is 4.24. The topological polar surface area (TPSA) is 0 Å². The van der Waals surface area contributed by atoms with Crippen molar-refractivity contribution in [3.63, 3.8) is 0 Å². The van der Waals surface area contributed by atoms with Crippen LogP contribution in [-0.2, 0) is 12.8 Å². The molecule has 0 spiro atoms. The normalized spacial score (nSPS) is 13.6. The van der Waals surface area contributed by atoms with Gasteiger partial charge in [0.05, 0.1) is 5.92 Å². The predicted molar refractivity (Wildman–Crippen MR) is 91.4 cm³/mol. The SMILES string of the molecule is CCCc1cccc([C]2C=Cc3ccccc32)c1CCC. The van der Waals surface area contributed by atoms with Crippen molar-refractivity contribution in [2.24, 2.45) is 0 Å². The second-order valence-corrected chi connectivity index (χ2v) is 5.78. The predicted octanol–water partition coefficient (Wildman–Crippen LogP) is 5.59. The lowest BCUT2D eigenvalue weighted by Crippen LogP contribution is -2.05. The van der Waals surface area contributed by atoms with Crippen LogP contribution in [0.5, 0.6) is 0 Å². The average Bonchev–Trinajstić information content (AvgIpc) is 2.93. The fourth-order valence-electron chi connectivity index (χ4n) is 3.32. The molecule has 0 heterocycles. The van der Waals surface area contributed by atoms with Gasteiger partial charge in [0, 0.05) is 0 Å². The molecule has 0 N–H and O–H groups in total. The molecule has 0 heteroatoms. The van der Waals surface area contributed by atoms with Gasteiger partial charge in [-0.05, 0) is 40.7 Å². The lowest BCUT2D eigenvalue weighted by atomic mass is 9.85. The van der Waals surface area contributed by atoms with E-state index in [4.69, 9.17) is 0 Å². The Morgan fingerprint density at radius 2 is 1.48 bits per heavy atom. The fraction of sp³-hybridized carbons (Fsp3) is 0.286. The summed E-state index contributed by atoms with van der Waals surface area (Å²) in [7, 11) is 0. The Balaban J connectivity index is 2.07.